The van der Waals surface area contributed by atoms with Gasteiger partial charge in [-0.15, -0.1) is 0 Å². The Bertz CT molecular complexity index is 1210. The van der Waals surface area contributed by atoms with Crippen molar-refractivity contribution in [3.63, 3.8) is 0 Å². The molecule has 4 aromatic rings. The quantitative estimate of drug-likeness (QED) is 0.367. The van der Waals surface area contributed by atoms with Crippen LogP contribution in [0.5, 0.6) is 0 Å². The number of thioether (sulfide) groups is 1. The number of alkyl halides is 2. The molecule has 0 N–H and O–H groups in total. The Kier molecular flexibility index (Phi) is 4.91. The van der Waals surface area contributed by atoms with Gasteiger partial charge < -0.3 is 0 Å². The maximum Gasteiger partial charge on any atom is 0.319 e. The van der Waals surface area contributed by atoms with Gasteiger partial charge >= 0.3 is 6.55 Å². The molecule has 0 fully saturated rings. The van der Waals surface area contributed by atoms with Gasteiger partial charge in [0.2, 0.25) is 0 Å². The topological polar surface area (TPSA) is 52.7 Å². The van der Waals surface area contributed by atoms with Crippen molar-refractivity contribution >= 4 is 22.7 Å². The third-order valence-electron chi connectivity index (χ3n) is 4.13. The Morgan fingerprint density at radius 2 is 1.82 bits per heavy atom. The van der Waals surface area contributed by atoms with Crippen LogP contribution >= 0.6 is 11.8 Å². The molecule has 0 unspecified atom stereocenters. The highest BCUT2D eigenvalue weighted by molar-refractivity contribution is 7.98. The maximum atomic E-state index is 14.4. The number of para-hydroxylation sites is 2. The van der Waals surface area contributed by atoms with E-state index in [1.54, 1.807) is 30.3 Å². The lowest BCUT2D eigenvalue weighted by atomic mass is 10.2. The molecule has 0 radical (unpaired) electrons. The Balaban J connectivity index is 1.85. The van der Waals surface area contributed by atoms with Crippen LogP contribution < -0.4 is 5.56 Å². The van der Waals surface area contributed by atoms with Crippen molar-refractivity contribution in [2.75, 3.05) is 0 Å². The molecule has 5 nitrogen and oxygen atoms in total. The zero-order chi connectivity index (χ0) is 19.7. The number of aromatic nitrogens is 4. The molecule has 28 heavy (non-hydrogen) atoms. The molecule has 2 aromatic carbocycles. The molecule has 4 rings (SSSR count). The van der Waals surface area contributed by atoms with E-state index in [1.165, 1.54) is 30.6 Å². The van der Waals surface area contributed by atoms with E-state index in [0.717, 1.165) is 20.9 Å². The first-order valence-corrected chi connectivity index (χ1v) is 9.24. The van der Waals surface area contributed by atoms with Crippen LogP contribution in [0.25, 0.3) is 16.6 Å². The lowest BCUT2D eigenvalue weighted by Crippen LogP contribution is -2.22. The Hall–Kier alpha value is -3.07. The first-order valence-electron chi connectivity index (χ1n) is 8.25. The molecule has 0 aliphatic carbocycles. The van der Waals surface area contributed by atoms with Crippen molar-refractivity contribution in [1.82, 2.24) is 19.1 Å². The van der Waals surface area contributed by atoms with E-state index in [2.05, 4.69) is 9.97 Å². The van der Waals surface area contributed by atoms with Gasteiger partial charge in [-0.1, -0.05) is 36.0 Å². The summed E-state index contributed by atoms with van der Waals surface area (Å²) in [4.78, 5) is 21.4. The number of rotatable bonds is 5. The number of hydrogen-bond donors (Lipinski definition) is 0. The highest BCUT2D eigenvalue weighted by Crippen LogP contribution is 2.26. The zero-order valence-electron chi connectivity index (χ0n) is 14.3. The summed E-state index contributed by atoms with van der Waals surface area (Å²) in [5.41, 5.74) is 0.0562. The Morgan fingerprint density at radius 1 is 1.07 bits per heavy atom. The minimum atomic E-state index is -2.73. The summed E-state index contributed by atoms with van der Waals surface area (Å²) in [5, 5.41) is 0.529. The van der Waals surface area contributed by atoms with Gasteiger partial charge in [-0.25, -0.2) is 14.4 Å². The molecule has 2 aromatic heterocycles. The fourth-order valence-corrected chi connectivity index (χ4v) is 3.77. The van der Waals surface area contributed by atoms with Crippen LogP contribution in [0.2, 0.25) is 0 Å². The molecular formula is C19H13F3N4OS. The summed E-state index contributed by atoms with van der Waals surface area (Å²) in [6.45, 7) is -2.73. The van der Waals surface area contributed by atoms with Crippen LogP contribution in [0.4, 0.5) is 13.2 Å². The smallest absolute Gasteiger partial charge is 0.277 e. The van der Waals surface area contributed by atoms with Gasteiger partial charge in [0.15, 0.2) is 5.16 Å². The molecule has 0 aliphatic heterocycles. The molecule has 0 spiro atoms. The number of hydrogen-bond acceptors (Lipinski definition) is 4. The predicted molar refractivity (Wildman–Crippen MR) is 100 cm³/mol. The van der Waals surface area contributed by atoms with Crippen LogP contribution in [0.3, 0.4) is 0 Å². The fourth-order valence-electron chi connectivity index (χ4n) is 2.82. The molecule has 0 saturated carbocycles. The molecule has 0 amide bonds. The standard InChI is InChI=1S/C19H13F3N4OS/c20-13-6-2-4-8-15(13)26-17(27)12-5-1-3-7-14(12)24-19(26)28-11-16-23-9-10-25(16)18(21)22/h1-10,18H,11H2. The molecule has 0 atom stereocenters. The van der Waals surface area contributed by atoms with Crippen LogP contribution in [0, 0.1) is 5.82 Å². The average Bonchev–Trinajstić information content (AvgIpc) is 3.16. The third kappa shape index (κ3) is 3.29. The summed E-state index contributed by atoms with van der Waals surface area (Å²) in [6.07, 6.45) is 2.46. The van der Waals surface area contributed by atoms with E-state index in [1.807, 2.05) is 0 Å². The van der Waals surface area contributed by atoms with Gasteiger partial charge in [0.25, 0.3) is 5.56 Å². The van der Waals surface area contributed by atoms with Crippen LogP contribution in [-0.2, 0) is 5.75 Å². The molecule has 0 bridgehead atoms. The minimum absolute atomic E-state index is 0.0383. The van der Waals surface area contributed by atoms with Gasteiger partial charge in [-0.2, -0.15) is 8.78 Å². The lowest BCUT2D eigenvalue weighted by Gasteiger charge is -2.14. The van der Waals surface area contributed by atoms with E-state index in [4.69, 9.17) is 0 Å². The summed E-state index contributed by atoms with van der Waals surface area (Å²) in [6, 6.07) is 12.6. The molecule has 0 saturated heterocycles. The highest BCUT2D eigenvalue weighted by atomic mass is 32.2. The maximum absolute atomic E-state index is 14.4. The number of halogens is 3. The number of fused-ring (bicyclic) bond motifs is 1. The summed E-state index contributed by atoms with van der Waals surface area (Å²) in [5.74, 6) is -0.420. The molecular weight excluding hydrogens is 389 g/mol. The van der Waals surface area contributed by atoms with Crippen molar-refractivity contribution in [2.45, 2.75) is 17.5 Å². The first-order chi connectivity index (χ1) is 13.6. The predicted octanol–water partition coefficient (Wildman–Crippen LogP) is 4.41. The van der Waals surface area contributed by atoms with Crippen molar-refractivity contribution in [1.29, 1.82) is 0 Å². The summed E-state index contributed by atoms with van der Waals surface area (Å²) < 4.78 is 42.4. The largest absolute Gasteiger partial charge is 0.319 e. The van der Waals surface area contributed by atoms with Gasteiger partial charge in [-0.3, -0.25) is 13.9 Å². The minimum Gasteiger partial charge on any atom is -0.277 e. The zero-order valence-corrected chi connectivity index (χ0v) is 15.1. The van der Waals surface area contributed by atoms with Crippen molar-refractivity contribution in [2.24, 2.45) is 0 Å². The normalized spacial score (nSPS) is 11.4. The van der Waals surface area contributed by atoms with Crippen molar-refractivity contribution < 1.29 is 13.2 Å². The number of benzene rings is 2. The third-order valence-corrected chi connectivity index (χ3v) is 5.06. The molecule has 0 aliphatic rings. The van der Waals surface area contributed by atoms with Gasteiger partial charge in [0, 0.05) is 12.4 Å². The lowest BCUT2D eigenvalue weighted by molar-refractivity contribution is 0.0678. The molecule has 2 heterocycles. The van der Waals surface area contributed by atoms with E-state index in [-0.39, 0.29) is 22.4 Å². The van der Waals surface area contributed by atoms with Crippen LogP contribution in [-0.4, -0.2) is 19.1 Å². The van der Waals surface area contributed by atoms with Gasteiger partial charge in [-0.05, 0) is 24.3 Å². The second-order valence-electron chi connectivity index (χ2n) is 5.82. The number of nitrogens with zero attached hydrogens (tertiary/aromatic N) is 4. The Morgan fingerprint density at radius 3 is 2.61 bits per heavy atom. The van der Waals surface area contributed by atoms with Gasteiger partial charge in [0.05, 0.1) is 22.3 Å². The van der Waals surface area contributed by atoms with Crippen molar-refractivity contribution in [3.05, 3.63) is 82.9 Å². The average molecular weight is 402 g/mol. The second-order valence-corrected chi connectivity index (χ2v) is 6.76. The molecule has 9 heteroatoms. The van der Waals surface area contributed by atoms with E-state index >= 15 is 0 Å². The summed E-state index contributed by atoms with van der Waals surface area (Å²) >= 11 is 1.04. The highest BCUT2D eigenvalue weighted by Gasteiger charge is 2.18. The van der Waals surface area contributed by atoms with Crippen molar-refractivity contribution in [3.8, 4) is 5.69 Å². The van der Waals surface area contributed by atoms with E-state index in [9.17, 15) is 18.0 Å². The molecule has 142 valence electrons. The Labute approximate surface area is 161 Å². The van der Waals surface area contributed by atoms with Crippen LogP contribution in [0.15, 0.2) is 70.9 Å². The monoisotopic (exact) mass is 402 g/mol. The van der Waals surface area contributed by atoms with Gasteiger partial charge in [0.1, 0.15) is 11.6 Å². The SMILES string of the molecule is O=c1c2ccccc2nc(SCc2nccn2C(F)F)n1-c1ccccc1F. The number of imidazole rings is 1. The fraction of sp³-hybridized carbons (Fsp3) is 0.105. The first kappa shape index (κ1) is 18.3. The second kappa shape index (κ2) is 7.51. The van der Waals surface area contributed by atoms with Crippen LogP contribution in [0.1, 0.15) is 12.4 Å². The summed E-state index contributed by atoms with van der Waals surface area (Å²) in [7, 11) is 0. The van der Waals surface area contributed by atoms with E-state index in [0.29, 0.717) is 10.9 Å². The van der Waals surface area contributed by atoms with E-state index < -0.39 is 17.9 Å².